The number of halogens is 1. The second-order valence-electron chi connectivity index (χ2n) is 5.28. The van der Waals surface area contributed by atoms with Crippen molar-refractivity contribution in [1.29, 1.82) is 0 Å². The lowest BCUT2D eigenvalue weighted by Crippen LogP contribution is -2.29. The second-order valence-corrected chi connectivity index (χ2v) is 6.20. The molecule has 1 aromatic heterocycles. The molecule has 2 heterocycles. The molecule has 0 bridgehead atoms. The van der Waals surface area contributed by atoms with Crippen LogP contribution < -0.4 is 4.90 Å². The number of carboxylic acids is 1. The first-order chi connectivity index (χ1) is 10.1. The Balaban J connectivity index is 1.88. The summed E-state index contributed by atoms with van der Waals surface area (Å²) in [5.74, 6) is -0.930. The molecule has 0 spiro atoms. The van der Waals surface area contributed by atoms with Gasteiger partial charge in [0.25, 0.3) is 0 Å². The zero-order valence-corrected chi connectivity index (χ0v) is 13.2. The Hall–Kier alpha value is -1.75. The SMILES string of the molecule is O=C(O)c1cc(Br)cn1-c1ccc(N2CCCCC2)cc1. The first-order valence-corrected chi connectivity index (χ1v) is 7.91. The molecule has 5 heteroatoms. The molecule has 1 aliphatic rings. The third-order valence-corrected chi connectivity index (χ3v) is 4.29. The zero-order valence-electron chi connectivity index (χ0n) is 11.6. The van der Waals surface area contributed by atoms with Crippen LogP contribution in [0.5, 0.6) is 0 Å². The number of anilines is 1. The minimum atomic E-state index is -0.930. The van der Waals surface area contributed by atoms with Crippen molar-refractivity contribution in [3.05, 3.63) is 46.7 Å². The Morgan fingerprint density at radius 1 is 1.05 bits per heavy atom. The van der Waals surface area contributed by atoms with Gasteiger partial charge in [0.05, 0.1) is 0 Å². The van der Waals surface area contributed by atoms with Crippen molar-refractivity contribution in [2.45, 2.75) is 19.3 Å². The smallest absolute Gasteiger partial charge is 0.352 e. The number of piperidine rings is 1. The fourth-order valence-corrected chi connectivity index (χ4v) is 3.21. The minimum Gasteiger partial charge on any atom is -0.477 e. The van der Waals surface area contributed by atoms with Crippen molar-refractivity contribution in [2.24, 2.45) is 0 Å². The quantitative estimate of drug-likeness (QED) is 0.913. The van der Waals surface area contributed by atoms with Crippen LogP contribution in [0.2, 0.25) is 0 Å². The van der Waals surface area contributed by atoms with Crippen molar-refractivity contribution in [3.8, 4) is 5.69 Å². The molecule has 0 saturated carbocycles. The van der Waals surface area contributed by atoms with Gasteiger partial charge in [-0.05, 0) is 65.5 Å². The van der Waals surface area contributed by atoms with Crippen LogP contribution in [0.3, 0.4) is 0 Å². The Morgan fingerprint density at radius 3 is 2.29 bits per heavy atom. The van der Waals surface area contributed by atoms with Crippen LogP contribution in [0.4, 0.5) is 5.69 Å². The molecule has 0 radical (unpaired) electrons. The van der Waals surface area contributed by atoms with E-state index in [1.807, 2.05) is 12.1 Å². The number of benzene rings is 1. The van der Waals surface area contributed by atoms with Crippen LogP contribution >= 0.6 is 15.9 Å². The van der Waals surface area contributed by atoms with E-state index in [1.165, 1.54) is 24.9 Å². The summed E-state index contributed by atoms with van der Waals surface area (Å²) < 4.78 is 2.45. The van der Waals surface area contributed by atoms with E-state index < -0.39 is 5.97 Å². The van der Waals surface area contributed by atoms with Crippen molar-refractivity contribution in [1.82, 2.24) is 4.57 Å². The summed E-state index contributed by atoms with van der Waals surface area (Å²) in [6, 6.07) is 9.70. The molecule has 21 heavy (non-hydrogen) atoms. The fraction of sp³-hybridized carbons (Fsp3) is 0.312. The van der Waals surface area contributed by atoms with Gasteiger partial charge in [-0.2, -0.15) is 0 Å². The summed E-state index contributed by atoms with van der Waals surface area (Å²) >= 11 is 3.33. The Labute approximate surface area is 132 Å². The number of hydrogen-bond acceptors (Lipinski definition) is 2. The van der Waals surface area contributed by atoms with Gasteiger partial charge in [-0.15, -0.1) is 0 Å². The summed E-state index contributed by atoms with van der Waals surface area (Å²) in [6.45, 7) is 2.21. The Kier molecular flexibility index (Phi) is 4.01. The predicted molar refractivity (Wildman–Crippen MR) is 86.5 cm³/mol. The van der Waals surface area contributed by atoms with Gasteiger partial charge >= 0.3 is 5.97 Å². The minimum absolute atomic E-state index is 0.257. The molecule has 110 valence electrons. The second kappa shape index (κ2) is 5.93. The van der Waals surface area contributed by atoms with Crippen molar-refractivity contribution >= 4 is 27.6 Å². The standard InChI is InChI=1S/C16H17BrN2O2/c17-12-10-15(16(20)21)19(11-12)14-6-4-13(5-7-14)18-8-2-1-3-9-18/h4-7,10-11H,1-3,8-9H2,(H,20,21). The monoisotopic (exact) mass is 348 g/mol. The molecule has 0 atom stereocenters. The van der Waals surface area contributed by atoms with Gasteiger partial charge in [-0.25, -0.2) is 4.79 Å². The third kappa shape index (κ3) is 2.97. The first-order valence-electron chi connectivity index (χ1n) is 7.12. The Morgan fingerprint density at radius 2 is 1.67 bits per heavy atom. The maximum absolute atomic E-state index is 11.3. The number of nitrogens with zero attached hydrogens (tertiary/aromatic N) is 2. The Bertz CT molecular complexity index is 643. The molecule has 2 aromatic rings. The molecule has 1 fully saturated rings. The number of aromatic carboxylic acids is 1. The number of carbonyl (C=O) groups is 1. The predicted octanol–water partition coefficient (Wildman–Crippen LogP) is 3.93. The van der Waals surface area contributed by atoms with Crippen LogP contribution in [0.25, 0.3) is 5.69 Å². The van der Waals surface area contributed by atoms with Crippen molar-refractivity contribution < 1.29 is 9.90 Å². The van der Waals surface area contributed by atoms with Crippen LogP contribution in [0.15, 0.2) is 41.0 Å². The van der Waals surface area contributed by atoms with E-state index >= 15 is 0 Å². The number of carboxylic acid groups (broad SMARTS) is 1. The van der Waals surface area contributed by atoms with Crippen molar-refractivity contribution in [3.63, 3.8) is 0 Å². The summed E-state index contributed by atoms with van der Waals surface area (Å²) in [5.41, 5.74) is 2.33. The molecule has 1 aromatic carbocycles. The maximum atomic E-state index is 11.3. The van der Waals surface area contributed by atoms with Crippen LogP contribution in [-0.2, 0) is 0 Å². The molecule has 3 rings (SSSR count). The van der Waals surface area contributed by atoms with Crippen LogP contribution in [-0.4, -0.2) is 28.7 Å². The number of rotatable bonds is 3. The van der Waals surface area contributed by atoms with E-state index in [2.05, 4.69) is 33.0 Å². The van der Waals surface area contributed by atoms with Gasteiger partial charge in [0, 0.05) is 35.1 Å². The highest BCUT2D eigenvalue weighted by atomic mass is 79.9. The average molecular weight is 349 g/mol. The first kappa shape index (κ1) is 14.2. The third-order valence-electron chi connectivity index (χ3n) is 3.85. The molecular formula is C16H17BrN2O2. The van der Waals surface area contributed by atoms with Gasteiger partial charge in [0.15, 0.2) is 0 Å². The molecule has 4 nitrogen and oxygen atoms in total. The zero-order chi connectivity index (χ0) is 14.8. The molecule has 0 unspecified atom stereocenters. The summed E-state index contributed by atoms with van der Waals surface area (Å²) in [5, 5.41) is 9.25. The van der Waals surface area contributed by atoms with Crippen molar-refractivity contribution in [2.75, 3.05) is 18.0 Å². The van der Waals surface area contributed by atoms with Crippen LogP contribution in [0.1, 0.15) is 29.8 Å². The molecule has 0 amide bonds. The highest BCUT2D eigenvalue weighted by molar-refractivity contribution is 9.10. The van der Waals surface area contributed by atoms with Gasteiger partial charge < -0.3 is 14.6 Å². The highest BCUT2D eigenvalue weighted by Crippen LogP contribution is 2.24. The van der Waals surface area contributed by atoms with E-state index in [1.54, 1.807) is 16.8 Å². The topological polar surface area (TPSA) is 45.5 Å². The molecular weight excluding hydrogens is 332 g/mol. The lowest BCUT2D eigenvalue weighted by molar-refractivity contribution is 0.0688. The lowest BCUT2D eigenvalue weighted by Gasteiger charge is -2.28. The summed E-state index contributed by atoms with van der Waals surface area (Å²) in [4.78, 5) is 13.7. The number of hydrogen-bond donors (Lipinski definition) is 1. The van der Waals surface area contributed by atoms with E-state index in [0.29, 0.717) is 0 Å². The normalized spacial score (nSPS) is 15.2. The average Bonchev–Trinajstić information content (AvgIpc) is 2.91. The molecule has 0 aliphatic carbocycles. The van der Waals surface area contributed by atoms with Gasteiger partial charge in [-0.3, -0.25) is 0 Å². The van der Waals surface area contributed by atoms with E-state index in [-0.39, 0.29) is 5.69 Å². The van der Waals surface area contributed by atoms with E-state index in [9.17, 15) is 9.90 Å². The summed E-state index contributed by atoms with van der Waals surface area (Å²) in [6.07, 6.45) is 5.58. The lowest BCUT2D eigenvalue weighted by atomic mass is 10.1. The van der Waals surface area contributed by atoms with Gasteiger partial charge in [-0.1, -0.05) is 0 Å². The molecule has 1 saturated heterocycles. The van der Waals surface area contributed by atoms with E-state index in [0.717, 1.165) is 23.2 Å². The maximum Gasteiger partial charge on any atom is 0.352 e. The fourth-order valence-electron chi connectivity index (χ4n) is 2.78. The van der Waals surface area contributed by atoms with E-state index in [4.69, 9.17) is 0 Å². The highest BCUT2D eigenvalue weighted by Gasteiger charge is 2.14. The van der Waals surface area contributed by atoms with Gasteiger partial charge in [0.1, 0.15) is 5.69 Å². The number of aromatic nitrogens is 1. The largest absolute Gasteiger partial charge is 0.477 e. The molecule has 1 N–H and O–H groups in total. The van der Waals surface area contributed by atoms with Gasteiger partial charge in [0.2, 0.25) is 0 Å². The summed E-state index contributed by atoms with van der Waals surface area (Å²) in [7, 11) is 0. The molecule has 1 aliphatic heterocycles. The van der Waals surface area contributed by atoms with Crippen LogP contribution in [0, 0.1) is 0 Å².